The molecule has 1 unspecified atom stereocenters. The van der Waals surface area contributed by atoms with E-state index in [-0.39, 0.29) is 17.0 Å². The summed E-state index contributed by atoms with van der Waals surface area (Å²) in [6, 6.07) is 0. The number of hydrogen-bond acceptors (Lipinski definition) is 3. The number of carbonyl (C=O) groups is 2. The fourth-order valence-electron chi connectivity index (χ4n) is 0.660. The first-order valence-corrected chi connectivity index (χ1v) is 4.71. The van der Waals surface area contributed by atoms with Crippen molar-refractivity contribution in [2.75, 3.05) is 5.75 Å². The standard InChI is InChI=1S/C7H13NO3S/c1-3-6(8-5(2)9)12-4-7(10)11/h6H,3-4H2,1-2H3,(H,8,9)(H,10,11). The third-order valence-electron chi connectivity index (χ3n) is 1.14. The number of carboxylic acid groups (broad SMARTS) is 1. The lowest BCUT2D eigenvalue weighted by Gasteiger charge is -2.13. The van der Waals surface area contributed by atoms with E-state index >= 15 is 0 Å². The van der Waals surface area contributed by atoms with Gasteiger partial charge in [-0.25, -0.2) is 0 Å². The van der Waals surface area contributed by atoms with Crippen LogP contribution in [0.15, 0.2) is 0 Å². The molecule has 1 atom stereocenters. The minimum atomic E-state index is -0.858. The minimum Gasteiger partial charge on any atom is -0.481 e. The van der Waals surface area contributed by atoms with Crippen LogP contribution in [0.4, 0.5) is 0 Å². The maximum atomic E-state index is 10.6. The van der Waals surface area contributed by atoms with Crippen molar-refractivity contribution < 1.29 is 14.7 Å². The predicted octanol–water partition coefficient (Wildman–Crippen LogP) is 0.676. The molecular weight excluding hydrogens is 178 g/mol. The largest absolute Gasteiger partial charge is 0.481 e. The molecule has 5 heteroatoms. The van der Waals surface area contributed by atoms with Gasteiger partial charge in [-0.1, -0.05) is 6.92 Å². The van der Waals surface area contributed by atoms with Crippen LogP contribution < -0.4 is 5.32 Å². The average molecular weight is 191 g/mol. The van der Waals surface area contributed by atoms with Crippen molar-refractivity contribution >= 4 is 23.6 Å². The van der Waals surface area contributed by atoms with Gasteiger partial charge in [0.15, 0.2) is 0 Å². The number of thioether (sulfide) groups is 1. The van der Waals surface area contributed by atoms with Crippen molar-refractivity contribution in [1.82, 2.24) is 5.32 Å². The summed E-state index contributed by atoms with van der Waals surface area (Å²) < 4.78 is 0. The molecule has 0 heterocycles. The van der Waals surface area contributed by atoms with E-state index in [4.69, 9.17) is 5.11 Å². The van der Waals surface area contributed by atoms with Gasteiger partial charge in [-0.05, 0) is 6.42 Å². The Morgan fingerprint density at radius 1 is 1.58 bits per heavy atom. The summed E-state index contributed by atoms with van der Waals surface area (Å²) in [4.78, 5) is 20.8. The molecule has 0 aliphatic rings. The highest BCUT2D eigenvalue weighted by molar-refractivity contribution is 8.00. The second kappa shape index (κ2) is 5.88. The Kier molecular flexibility index (Phi) is 5.53. The summed E-state index contributed by atoms with van der Waals surface area (Å²) in [5.41, 5.74) is 0. The summed E-state index contributed by atoms with van der Waals surface area (Å²) >= 11 is 1.23. The maximum Gasteiger partial charge on any atom is 0.313 e. The summed E-state index contributed by atoms with van der Waals surface area (Å²) in [5, 5.41) is 10.9. The predicted molar refractivity (Wildman–Crippen MR) is 48.0 cm³/mol. The number of carbonyl (C=O) groups excluding carboxylic acids is 1. The van der Waals surface area contributed by atoms with Gasteiger partial charge in [-0.15, -0.1) is 11.8 Å². The van der Waals surface area contributed by atoms with Gasteiger partial charge in [0.25, 0.3) is 0 Å². The molecule has 12 heavy (non-hydrogen) atoms. The fourth-order valence-corrected chi connectivity index (χ4v) is 1.49. The molecule has 0 aliphatic carbocycles. The van der Waals surface area contributed by atoms with Crippen LogP contribution in [0.3, 0.4) is 0 Å². The highest BCUT2D eigenvalue weighted by Crippen LogP contribution is 2.10. The van der Waals surface area contributed by atoms with Crippen LogP contribution >= 0.6 is 11.8 Å². The Hall–Kier alpha value is -0.710. The van der Waals surface area contributed by atoms with Crippen molar-refractivity contribution in [3.8, 4) is 0 Å². The Morgan fingerprint density at radius 2 is 2.17 bits per heavy atom. The molecular formula is C7H13NO3S. The molecule has 0 aromatic heterocycles. The molecule has 0 saturated heterocycles. The van der Waals surface area contributed by atoms with Gasteiger partial charge in [0, 0.05) is 6.92 Å². The zero-order valence-corrected chi connectivity index (χ0v) is 7.98. The van der Waals surface area contributed by atoms with Crippen molar-refractivity contribution in [3.63, 3.8) is 0 Å². The molecule has 1 amide bonds. The molecule has 0 saturated carbocycles. The van der Waals surface area contributed by atoms with Crippen LogP contribution in [0.2, 0.25) is 0 Å². The molecule has 2 N–H and O–H groups in total. The molecule has 0 rings (SSSR count). The zero-order chi connectivity index (χ0) is 9.56. The van der Waals surface area contributed by atoms with E-state index in [0.29, 0.717) is 0 Å². The third kappa shape index (κ3) is 6.03. The molecule has 0 aromatic rings. The van der Waals surface area contributed by atoms with Gasteiger partial charge >= 0.3 is 5.97 Å². The maximum absolute atomic E-state index is 10.6. The number of nitrogens with one attached hydrogen (secondary N) is 1. The Balaban J connectivity index is 3.67. The third-order valence-corrected chi connectivity index (χ3v) is 2.41. The van der Waals surface area contributed by atoms with Crippen molar-refractivity contribution in [1.29, 1.82) is 0 Å². The summed E-state index contributed by atoms with van der Waals surface area (Å²) in [6.07, 6.45) is 0.734. The summed E-state index contributed by atoms with van der Waals surface area (Å²) in [5.74, 6) is -0.956. The van der Waals surface area contributed by atoms with Gasteiger partial charge in [0.2, 0.25) is 5.91 Å². The minimum absolute atomic E-state index is 0.0266. The van der Waals surface area contributed by atoms with Crippen LogP contribution in [-0.4, -0.2) is 28.1 Å². The highest BCUT2D eigenvalue weighted by Gasteiger charge is 2.09. The molecule has 0 bridgehead atoms. The lowest BCUT2D eigenvalue weighted by atomic mass is 10.5. The van der Waals surface area contributed by atoms with Crippen molar-refractivity contribution in [2.45, 2.75) is 25.6 Å². The lowest BCUT2D eigenvalue weighted by Crippen LogP contribution is -2.30. The Labute approximate surface area is 75.7 Å². The topological polar surface area (TPSA) is 66.4 Å². The second-order valence-corrected chi connectivity index (χ2v) is 3.49. The molecule has 0 aromatic carbocycles. The molecule has 70 valence electrons. The second-order valence-electron chi connectivity index (χ2n) is 2.30. The molecule has 4 nitrogen and oxygen atoms in total. The van der Waals surface area contributed by atoms with Crippen molar-refractivity contribution in [2.24, 2.45) is 0 Å². The van der Waals surface area contributed by atoms with Crippen LogP contribution in [-0.2, 0) is 9.59 Å². The number of hydrogen-bond donors (Lipinski definition) is 2. The zero-order valence-electron chi connectivity index (χ0n) is 7.16. The Bertz CT molecular complexity index is 172. The summed E-state index contributed by atoms with van der Waals surface area (Å²) in [6.45, 7) is 3.32. The number of rotatable bonds is 5. The van der Waals surface area contributed by atoms with E-state index in [1.54, 1.807) is 0 Å². The quantitative estimate of drug-likeness (QED) is 0.627. The van der Waals surface area contributed by atoms with Crippen LogP contribution in [0, 0.1) is 0 Å². The van der Waals surface area contributed by atoms with E-state index in [2.05, 4.69) is 5.32 Å². The lowest BCUT2D eigenvalue weighted by molar-refractivity contribution is -0.134. The first kappa shape index (κ1) is 11.3. The number of carboxylic acids is 1. The van der Waals surface area contributed by atoms with Gasteiger partial charge in [-0.3, -0.25) is 9.59 Å². The van der Waals surface area contributed by atoms with Gasteiger partial charge < -0.3 is 10.4 Å². The van der Waals surface area contributed by atoms with E-state index in [9.17, 15) is 9.59 Å². The molecule has 0 fully saturated rings. The smallest absolute Gasteiger partial charge is 0.313 e. The van der Waals surface area contributed by atoms with E-state index in [1.165, 1.54) is 18.7 Å². The van der Waals surface area contributed by atoms with Crippen molar-refractivity contribution in [3.05, 3.63) is 0 Å². The number of aliphatic carboxylic acids is 1. The number of amides is 1. The molecule has 0 spiro atoms. The first-order valence-electron chi connectivity index (χ1n) is 3.66. The molecule has 0 aliphatic heterocycles. The van der Waals surface area contributed by atoms with Gasteiger partial charge in [0.05, 0.1) is 11.1 Å². The van der Waals surface area contributed by atoms with Crippen LogP contribution in [0.1, 0.15) is 20.3 Å². The van der Waals surface area contributed by atoms with Gasteiger partial charge in [-0.2, -0.15) is 0 Å². The summed E-state index contributed by atoms with van der Waals surface area (Å²) in [7, 11) is 0. The fraction of sp³-hybridized carbons (Fsp3) is 0.714. The monoisotopic (exact) mass is 191 g/mol. The first-order chi connectivity index (χ1) is 5.56. The highest BCUT2D eigenvalue weighted by atomic mass is 32.2. The average Bonchev–Trinajstić information content (AvgIpc) is 1.97. The normalized spacial score (nSPS) is 12.2. The van der Waals surface area contributed by atoms with E-state index in [0.717, 1.165) is 6.42 Å². The Morgan fingerprint density at radius 3 is 2.50 bits per heavy atom. The SMILES string of the molecule is CCC(NC(C)=O)SCC(=O)O. The van der Waals surface area contributed by atoms with E-state index in [1.807, 2.05) is 6.92 Å². The van der Waals surface area contributed by atoms with Crippen LogP contribution in [0.5, 0.6) is 0 Å². The van der Waals surface area contributed by atoms with Crippen LogP contribution in [0.25, 0.3) is 0 Å². The molecule has 0 radical (unpaired) electrons. The van der Waals surface area contributed by atoms with E-state index < -0.39 is 5.97 Å². The van der Waals surface area contributed by atoms with Gasteiger partial charge in [0.1, 0.15) is 0 Å².